The summed E-state index contributed by atoms with van der Waals surface area (Å²) in [7, 11) is 3.55. The Labute approximate surface area is 82.6 Å². The zero-order chi connectivity index (χ0) is 10.1. The molecule has 0 spiro atoms. The lowest BCUT2D eigenvalue weighted by atomic mass is 10.1. The molecule has 0 rings (SSSR count). The summed E-state index contributed by atoms with van der Waals surface area (Å²) < 4.78 is 10.3. The maximum atomic E-state index is 5.17. The van der Waals surface area contributed by atoms with Gasteiger partial charge in [-0.2, -0.15) is 0 Å². The van der Waals surface area contributed by atoms with Crippen LogP contribution in [0.15, 0.2) is 0 Å². The van der Waals surface area contributed by atoms with Crippen LogP contribution in [-0.2, 0) is 9.47 Å². The van der Waals surface area contributed by atoms with Gasteiger partial charge in [-0.1, -0.05) is 19.3 Å². The smallest absolute Gasteiger partial charge is 0.0543 e. The number of hydrogen-bond acceptors (Lipinski definition) is 2. The van der Waals surface area contributed by atoms with Crippen molar-refractivity contribution in [2.75, 3.05) is 14.2 Å². The third-order valence-electron chi connectivity index (χ3n) is 2.53. The first-order valence-electron chi connectivity index (χ1n) is 5.26. The molecule has 0 saturated heterocycles. The second-order valence-electron chi connectivity index (χ2n) is 3.73. The van der Waals surface area contributed by atoms with Crippen molar-refractivity contribution in [2.45, 2.75) is 58.2 Å². The highest BCUT2D eigenvalue weighted by Crippen LogP contribution is 2.09. The van der Waals surface area contributed by atoms with Gasteiger partial charge in [0.1, 0.15) is 0 Å². The van der Waals surface area contributed by atoms with Crippen molar-refractivity contribution in [1.82, 2.24) is 0 Å². The van der Waals surface area contributed by atoms with Crippen LogP contribution in [0.5, 0.6) is 0 Å². The van der Waals surface area contributed by atoms with E-state index in [9.17, 15) is 0 Å². The standard InChI is InChI=1S/C11H24O2/c1-10(12-3)8-6-5-7-9-11(2)13-4/h10-11H,5-9H2,1-4H3. The molecule has 2 nitrogen and oxygen atoms in total. The Morgan fingerprint density at radius 1 is 0.769 bits per heavy atom. The average molecular weight is 188 g/mol. The Balaban J connectivity index is 3.08. The molecule has 0 aliphatic carbocycles. The second-order valence-corrected chi connectivity index (χ2v) is 3.73. The van der Waals surface area contributed by atoms with Gasteiger partial charge < -0.3 is 9.47 Å². The molecule has 80 valence electrons. The minimum Gasteiger partial charge on any atom is -0.382 e. The van der Waals surface area contributed by atoms with Crippen molar-refractivity contribution >= 4 is 0 Å². The lowest BCUT2D eigenvalue weighted by Crippen LogP contribution is -2.05. The molecule has 2 unspecified atom stereocenters. The van der Waals surface area contributed by atoms with Crippen LogP contribution in [0.3, 0.4) is 0 Å². The fraction of sp³-hybridized carbons (Fsp3) is 1.00. The van der Waals surface area contributed by atoms with Gasteiger partial charge in [-0.3, -0.25) is 0 Å². The average Bonchev–Trinajstić information content (AvgIpc) is 2.16. The first-order valence-corrected chi connectivity index (χ1v) is 5.26. The fourth-order valence-electron chi connectivity index (χ4n) is 1.28. The SMILES string of the molecule is COC(C)CCCCCC(C)OC. The van der Waals surface area contributed by atoms with Gasteiger partial charge >= 0.3 is 0 Å². The molecule has 0 bridgehead atoms. The third-order valence-corrected chi connectivity index (χ3v) is 2.53. The maximum Gasteiger partial charge on any atom is 0.0543 e. The number of hydrogen-bond donors (Lipinski definition) is 0. The largest absolute Gasteiger partial charge is 0.382 e. The summed E-state index contributed by atoms with van der Waals surface area (Å²) in [5.41, 5.74) is 0. The third kappa shape index (κ3) is 8.26. The van der Waals surface area contributed by atoms with Gasteiger partial charge in [0.2, 0.25) is 0 Å². The van der Waals surface area contributed by atoms with Gasteiger partial charge in [0, 0.05) is 14.2 Å². The number of rotatable bonds is 8. The van der Waals surface area contributed by atoms with Gasteiger partial charge in [0.25, 0.3) is 0 Å². The van der Waals surface area contributed by atoms with E-state index in [0.717, 1.165) is 0 Å². The zero-order valence-electron chi connectivity index (χ0n) is 9.51. The topological polar surface area (TPSA) is 18.5 Å². The van der Waals surface area contributed by atoms with Gasteiger partial charge in [0.05, 0.1) is 12.2 Å². The highest BCUT2D eigenvalue weighted by atomic mass is 16.5. The quantitative estimate of drug-likeness (QED) is 0.545. The Bertz CT molecular complexity index is 92.3. The summed E-state index contributed by atoms with van der Waals surface area (Å²) in [6.07, 6.45) is 7.02. The van der Waals surface area contributed by atoms with E-state index in [4.69, 9.17) is 9.47 Å². The second kappa shape index (κ2) is 8.52. The molecule has 0 fully saturated rings. The van der Waals surface area contributed by atoms with Crippen LogP contribution in [0.1, 0.15) is 46.0 Å². The van der Waals surface area contributed by atoms with Gasteiger partial charge in [-0.05, 0) is 26.7 Å². The number of ether oxygens (including phenoxy) is 2. The Morgan fingerprint density at radius 3 is 1.46 bits per heavy atom. The maximum absolute atomic E-state index is 5.17. The first-order chi connectivity index (χ1) is 6.20. The molecule has 0 saturated carbocycles. The Kier molecular flexibility index (Phi) is 8.46. The van der Waals surface area contributed by atoms with Gasteiger partial charge in [-0.15, -0.1) is 0 Å². The lowest BCUT2D eigenvalue weighted by molar-refractivity contribution is 0.102. The summed E-state index contributed by atoms with van der Waals surface area (Å²) >= 11 is 0. The van der Waals surface area contributed by atoms with E-state index in [1.54, 1.807) is 14.2 Å². The molecule has 0 aliphatic heterocycles. The van der Waals surface area contributed by atoms with Crippen LogP contribution in [0.4, 0.5) is 0 Å². The molecule has 13 heavy (non-hydrogen) atoms. The Hall–Kier alpha value is -0.0800. The molecular formula is C11H24O2. The number of methoxy groups -OCH3 is 2. The molecule has 0 aromatic rings. The van der Waals surface area contributed by atoms with E-state index < -0.39 is 0 Å². The number of unbranched alkanes of at least 4 members (excludes halogenated alkanes) is 2. The molecule has 0 aliphatic rings. The predicted molar refractivity (Wildman–Crippen MR) is 56.0 cm³/mol. The van der Waals surface area contributed by atoms with Crippen LogP contribution in [-0.4, -0.2) is 26.4 Å². The first kappa shape index (κ1) is 12.9. The van der Waals surface area contributed by atoms with E-state index >= 15 is 0 Å². The van der Waals surface area contributed by atoms with Crippen LogP contribution in [0.2, 0.25) is 0 Å². The van der Waals surface area contributed by atoms with E-state index in [-0.39, 0.29) is 0 Å². The van der Waals surface area contributed by atoms with Crippen LogP contribution in [0, 0.1) is 0 Å². The summed E-state index contributed by atoms with van der Waals surface area (Å²) in [4.78, 5) is 0. The molecule has 0 heterocycles. The lowest BCUT2D eigenvalue weighted by Gasteiger charge is -2.10. The molecule has 2 atom stereocenters. The van der Waals surface area contributed by atoms with Crippen molar-refractivity contribution in [2.24, 2.45) is 0 Å². The minimum absolute atomic E-state index is 0.417. The molecule has 0 amide bonds. The van der Waals surface area contributed by atoms with E-state index in [1.807, 2.05) is 0 Å². The van der Waals surface area contributed by atoms with Crippen molar-refractivity contribution in [3.8, 4) is 0 Å². The summed E-state index contributed by atoms with van der Waals surface area (Å²) in [5.74, 6) is 0. The van der Waals surface area contributed by atoms with Crippen molar-refractivity contribution in [3.63, 3.8) is 0 Å². The van der Waals surface area contributed by atoms with Crippen LogP contribution >= 0.6 is 0 Å². The summed E-state index contributed by atoms with van der Waals surface area (Å²) in [6, 6.07) is 0. The predicted octanol–water partition coefficient (Wildman–Crippen LogP) is 3.01. The van der Waals surface area contributed by atoms with E-state index in [0.29, 0.717) is 12.2 Å². The monoisotopic (exact) mass is 188 g/mol. The van der Waals surface area contributed by atoms with E-state index in [1.165, 1.54) is 32.1 Å². The summed E-state index contributed by atoms with van der Waals surface area (Å²) in [5, 5.41) is 0. The molecule has 0 aromatic heterocycles. The van der Waals surface area contributed by atoms with E-state index in [2.05, 4.69) is 13.8 Å². The van der Waals surface area contributed by atoms with Crippen molar-refractivity contribution in [3.05, 3.63) is 0 Å². The van der Waals surface area contributed by atoms with Crippen molar-refractivity contribution in [1.29, 1.82) is 0 Å². The highest BCUT2D eigenvalue weighted by molar-refractivity contribution is 4.53. The zero-order valence-corrected chi connectivity index (χ0v) is 9.51. The van der Waals surface area contributed by atoms with Crippen molar-refractivity contribution < 1.29 is 9.47 Å². The molecule has 0 N–H and O–H groups in total. The highest BCUT2D eigenvalue weighted by Gasteiger charge is 2.01. The van der Waals surface area contributed by atoms with Crippen LogP contribution in [0.25, 0.3) is 0 Å². The minimum atomic E-state index is 0.417. The van der Waals surface area contributed by atoms with Gasteiger partial charge in [-0.25, -0.2) is 0 Å². The summed E-state index contributed by atoms with van der Waals surface area (Å²) in [6.45, 7) is 4.25. The molecule has 2 heteroatoms. The molecule has 0 radical (unpaired) electrons. The fourth-order valence-corrected chi connectivity index (χ4v) is 1.28. The Morgan fingerprint density at radius 2 is 1.15 bits per heavy atom. The normalized spacial score (nSPS) is 15.7. The van der Waals surface area contributed by atoms with Gasteiger partial charge in [0.15, 0.2) is 0 Å². The van der Waals surface area contributed by atoms with Crippen LogP contribution < -0.4 is 0 Å². The molecule has 0 aromatic carbocycles. The molecular weight excluding hydrogens is 164 g/mol.